The third-order valence-electron chi connectivity index (χ3n) is 4.50. The Labute approximate surface area is 133 Å². The highest BCUT2D eigenvalue weighted by atomic mass is 35.5. The molecule has 1 N–H and O–H groups in total. The number of rotatable bonds is 5. The smallest absolute Gasteiger partial charge is 0.126 e. The molecule has 2 nitrogen and oxygen atoms in total. The number of hydrogen-bond acceptors (Lipinski definition) is 2. The van der Waals surface area contributed by atoms with Crippen molar-refractivity contribution in [1.82, 2.24) is 4.90 Å². The molecule has 0 aliphatic heterocycles. The standard InChI is InChI=1S/C17H26FNO.ClH/c1-19(2)13-7-12-17(20)11-6-5-9-15(17)14-8-3-4-10-16(14)18;/h3-4,8,10,15,20H,5-7,9,11-13H2,1-2H3;1H/t15-,17-;/m0./s1. The maximum Gasteiger partial charge on any atom is 0.126 e. The van der Waals surface area contributed by atoms with E-state index < -0.39 is 5.60 Å². The van der Waals surface area contributed by atoms with Crippen molar-refractivity contribution < 1.29 is 9.50 Å². The molecule has 1 aliphatic carbocycles. The second kappa shape index (κ2) is 8.11. The zero-order valence-corrected chi connectivity index (χ0v) is 13.8. The first-order chi connectivity index (χ1) is 9.53. The van der Waals surface area contributed by atoms with E-state index in [2.05, 4.69) is 4.90 Å². The van der Waals surface area contributed by atoms with Crippen molar-refractivity contribution in [3.05, 3.63) is 35.6 Å². The lowest BCUT2D eigenvalue weighted by atomic mass is 9.70. The van der Waals surface area contributed by atoms with E-state index in [4.69, 9.17) is 0 Å². The number of aliphatic hydroxyl groups is 1. The predicted octanol–water partition coefficient (Wildman–Crippen LogP) is 3.98. The number of hydrogen-bond donors (Lipinski definition) is 1. The normalized spacial score (nSPS) is 25.7. The van der Waals surface area contributed by atoms with Crippen LogP contribution in [0.1, 0.15) is 50.0 Å². The second-order valence-electron chi connectivity index (χ2n) is 6.33. The Morgan fingerprint density at radius 3 is 2.67 bits per heavy atom. The van der Waals surface area contributed by atoms with E-state index in [1.807, 2.05) is 26.2 Å². The molecule has 0 unspecified atom stereocenters. The first kappa shape index (κ1) is 18.4. The SMILES string of the molecule is CN(C)CCC[C@@]1(O)CCCC[C@H]1c1ccccc1F.Cl. The Balaban J connectivity index is 0.00000220. The summed E-state index contributed by atoms with van der Waals surface area (Å²) in [6.45, 7) is 0.965. The van der Waals surface area contributed by atoms with Gasteiger partial charge in [-0.1, -0.05) is 31.0 Å². The molecule has 0 saturated heterocycles. The molecule has 1 fully saturated rings. The van der Waals surface area contributed by atoms with E-state index in [1.54, 1.807) is 6.07 Å². The molecule has 1 aromatic rings. The van der Waals surface area contributed by atoms with Gasteiger partial charge in [-0.25, -0.2) is 4.39 Å². The molecule has 2 atom stereocenters. The second-order valence-corrected chi connectivity index (χ2v) is 6.33. The summed E-state index contributed by atoms with van der Waals surface area (Å²) < 4.78 is 14.0. The van der Waals surface area contributed by atoms with Gasteiger partial charge in [0, 0.05) is 5.92 Å². The summed E-state index contributed by atoms with van der Waals surface area (Å²) in [6.07, 6.45) is 5.51. The van der Waals surface area contributed by atoms with Crippen molar-refractivity contribution in [3.63, 3.8) is 0 Å². The lowest BCUT2D eigenvalue weighted by molar-refractivity contribution is -0.0279. The average Bonchev–Trinajstić information content (AvgIpc) is 2.40. The summed E-state index contributed by atoms with van der Waals surface area (Å²) in [6, 6.07) is 6.92. The topological polar surface area (TPSA) is 23.5 Å². The van der Waals surface area contributed by atoms with Gasteiger partial charge in [-0.2, -0.15) is 0 Å². The number of halogens is 2. The fraction of sp³-hybridized carbons (Fsp3) is 0.647. The molecule has 2 rings (SSSR count). The van der Waals surface area contributed by atoms with Crippen LogP contribution in [0.25, 0.3) is 0 Å². The van der Waals surface area contributed by atoms with Gasteiger partial charge in [0.15, 0.2) is 0 Å². The molecule has 0 spiro atoms. The Kier molecular flexibility index (Phi) is 7.11. The van der Waals surface area contributed by atoms with Crippen molar-refractivity contribution in [3.8, 4) is 0 Å². The Morgan fingerprint density at radius 2 is 2.00 bits per heavy atom. The van der Waals surface area contributed by atoms with Crippen LogP contribution in [0.3, 0.4) is 0 Å². The lowest BCUT2D eigenvalue weighted by Crippen LogP contribution is -2.40. The minimum Gasteiger partial charge on any atom is -0.389 e. The third-order valence-corrected chi connectivity index (χ3v) is 4.50. The van der Waals surface area contributed by atoms with Crippen molar-refractivity contribution >= 4 is 12.4 Å². The zero-order chi connectivity index (χ0) is 14.6. The molecule has 0 bridgehead atoms. The molecular formula is C17H27ClFNO. The van der Waals surface area contributed by atoms with Crippen molar-refractivity contribution in [1.29, 1.82) is 0 Å². The van der Waals surface area contributed by atoms with Crippen LogP contribution in [-0.4, -0.2) is 36.2 Å². The molecule has 21 heavy (non-hydrogen) atoms. The van der Waals surface area contributed by atoms with E-state index >= 15 is 0 Å². The van der Waals surface area contributed by atoms with Crippen molar-refractivity contribution in [2.24, 2.45) is 0 Å². The fourth-order valence-corrected chi connectivity index (χ4v) is 3.43. The van der Waals surface area contributed by atoms with Gasteiger partial charge >= 0.3 is 0 Å². The molecule has 1 saturated carbocycles. The average molecular weight is 316 g/mol. The highest BCUT2D eigenvalue weighted by molar-refractivity contribution is 5.85. The molecule has 120 valence electrons. The number of nitrogens with zero attached hydrogens (tertiary/aromatic N) is 1. The van der Waals surface area contributed by atoms with E-state index in [0.717, 1.165) is 45.1 Å². The minimum atomic E-state index is -0.740. The summed E-state index contributed by atoms with van der Waals surface area (Å²) in [4.78, 5) is 2.13. The summed E-state index contributed by atoms with van der Waals surface area (Å²) in [7, 11) is 4.08. The largest absolute Gasteiger partial charge is 0.389 e. The zero-order valence-electron chi connectivity index (χ0n) is 13.0. The molecule has 0 heterocycles. The van der Waals surface area contributed by atoms with Crippen LogP contribution in [0.2, 0.25) is 0 Å². The molecule has 0 aromatic heterocycles. The van der Waals surface area contributed by atoms with Crippen LogP contribution in [0.15, 0.2) is 24.3 Å². The van der Waals surface area contributed by atoms with Gasteiger partial charge in [0.25, 0.3) is 0 Å². The quantitative estimate of drug-likeness (QED) is 0.888. The third kappa shape index (κ3) is 4.67. The van der Waals surface area contributed by atoms with Gasteiger partial charge in [0.1, 0.15) is 5.82 Å². The van der Waals surface area contributed by atoms with Crippen molar-refractivity contribution in [2.75, 3.05) is 20.6 Å². The first-order valence-electron chi connectivity index (χ1n) is 7.64. The molecule has 1 aliphatic rings. The van der Waals surface area contributed by atoms with E-state index in [-0.39, 0.29) is 24.1 Å². The summed E-state index contributed by atoms with van der Waals surface area (Å²) in [5.41, 5.74) is -0.0456. The monoisotopic (exact) mass is 315 g/mol. The van der Waals surface area contributed by atoms with E-state index in [0.29, 0.717) is 5.56 Å². The molecule has 4 heteroatoms. The lowest BCUT2D eigenvalue weighted by Gasteiger charge is -2.41. The Bertz CT molecular complexity index is 441. The summed E-state index contributed by atoms with van der Waals surface area (Å²) in [5.74, 6) is -0.231. The summed E-state index contributed by atoms with van der Waals surface area (Å²) >= 11 is 0. The van der Waals surface area contributed by atoms with Gasteiger partial charge in [-0.15, -0.1) is 12.4 Å². The highest BCUT2D eigenvalue weighted by Gasteiger charge is 2.40. The summed E-state index contributed by atoms with van der Waals surface area (Å²) in [5, 5.41) is 11.0. The van der Waals surface area contributed by atoms with Crippen LogP contribution in [0.5, 0.6) is 0 Å². The van der Waals surface area contributed by atoms with Crippen LogP contribution in [0, 0.1) is 5.82 Å². The number of benzene rings is 1. The van der Waals surface area contributed by atoms with Crippen LogP contribution in [-0.2, 0) is 0 Å². The molecule has 0 radical (unpaired) electrons. The maximum atomic E-state index is 14.0. The van der Waals surface area contributed by atoms with Crippen LogP contribution in [0.4, 0.5) is 4.39 Å². The Hall–Kier alpha value is -0.640. The van der Waals surface area contributed by atoms with Gasteiger partial charge in [0.2, 0.25) is 0 Å². The van der Waals surface area contributed by atoms with Gasteiger partial charge in [-0.05, 0) is 58.0 Å². The highest BCUT2D eigenvalue weighted by Crippen LogP contribution is 2.44. The van der Waals surface area contributed by atoms with Gasteiger partial charge in [-0.3, -0.25) is 0 Å². The van der Waals surface area contributed by atoms with E-state index in [9.17, 15) is 9.50 Å². The first-order valence-corrected chi connectivity index (χ1v) is 7.64. The van der Waals surface area contributed by atoms with Crippen molar-refractivity contribution in [2.45, 2.75) is 50.0 Å². The Morgan fingerprint density at radius 1 is 1.29 bits per heavy atom. The molecule has 0 amide bonds. The van der Waals surface area contributed by atoms with E-state index in [1.165, 1.54) is 6.07 Å². The molecular weight excluding hydrogens is 289 g/mol. The van der Waals surface area contributed by atoms with Crippen LogP contribution < -0.4 is 0 Å². The molecule has 1 aromatic carbocycles. The van der Waals surface area contributed by atoms with Crippen LogP contribution >= 0.6 is 12.4 Å². The fourth-order valence-electron chi connectivity index (χ4n) is 3.43. The maximum absolute atomic E-state index is 14.0. The van der Waals surface area contributed by atoms with Gasteiger partial charge in [0.05, 0.1) is 5.60 Å². The van der Waals surface area contributed by atoms with Gasteiger partial charge < -0.3 is 10.0 Å². The predicted molar refractivity (Wildman–Crippen MR) is 87.6 cm³/mol. The minimum absolute atomic E-state index is 0.